The molecule has 0 unspecified atom stereocenters. The Morgan fingerprint density at radius 2 is 2.07 bits per heavy atom. The molecule has 9 heteroatoms. The molecule has 1 aromatic carbocycles. The molecule has 1 amide bonds. The third-order valence-corrected chi connectivity index (χ3v) is 5.71. The van der Waals surface area contributed by atoms with Crippen LogP contribution in [0.3, 0.4) is 0 Å². The number of aryl methyl sites for hydroxylation is 1. The lowest BCUT2D eigenvalue weighted by Crippen LogP contribution is -2.14. The quantitative estimate of drug-likeness (QED) is 0.458. The van der Waals surface area contributed by atoms with Gasteiger partial charge in [-0.3, -0.25) is 4.79 Å². The minimum Gasteiger partial charge on any atom is -0.494 e. The van der Waals surface area contributed by atoms with Crippen LogP contribution in [0.15, 0.2) is 45.5 Å². The molecule has 0 spiro atoms. The van der Waals surface area contributed by atoms with Crippen molar-refractivity contribution in [2.45, 2.75) is 13.3 Å². The van der Waals surface area contributed by atoms with Gasteiger partial charge in [0.1, 0.15) is 5.76 Å². The Hall–Kier alpha value is -3.04. The highest BCUT2D eigenvalue weighted by atomic mass is 32.1. The fraction of sp³-hybridized carbons (Fsp3) is 0.150. The number of ether oxygens (including phenoxy) is 1. The van der Waals surface area contributed by atoms with Crippen LogP contribution >= 0.6 is 22.7 Å². The average Bonchev–Trinajstić information content (AvgIpc) is 3.43. The number of amides is 1. The molecule has 3 aromatic heterocycles. The fourth-order valence-corrected chi connectivity index (χ4v) is 4.18. The number of benzene rings is 1. The summed E-state index contributed by atoms with van der Waals surface area (Å²) in [4.78, 5) is 21.1. The first kappa shape index (κ1) is 19.3. The summed E-state index contributed by atoms with van der Waals surface area (Å²) in [6.07, 6.45) is 0.127. The molecule has 0 aliphatic rings. The van der Waals surface area contributed by atoms with Crippen molar-refractivity contribution in [3.63, 3.8) is 0 Å². The monoisotopic (exact) mass is 429 g/mol. The maximum atomic E-state index is 13.9. The molecule has 4 aromatic rings. The molecule has 0 saturated carbocycles. The number of rotatable bonds is 6. The van der Waals surface area contributed by atoms with Crippen molar-refractivity contribution in [2.24, 2.45) is 0 Å². The molecule has 1 N–H and O–H groups in total. The van der Waals surface area contributed by atoms with Crippen LogP contribution in [0, 0.1) is 12.7 Å². The number of aromatic nitrogens is 2. The van der Waals surface area contributed by atoms with E-state index in [1.165, 1.54) is 35.8 Å². The van der Waals surface area contributed by atoms with Gasteiger partial charge >= 0.3 is 0 Å². The Balaban J connectivity index is 1.41. The molecular formula is C20H16FN3O3S2. The number of hydrogen-bond acceptors (Lipinski definition) is 7. The van der Waals surface area contributed by atoms with Gasteiger partial charge in [0.05, 0.1) is 24.9 Å². The lowest BCUT2D eigenvalue weighted by Gasteiger charge is -2.03. The van der Waals surface area contributed by atoms with Gasteiger partial charge in [-0.05, 0) is 37.3 Å². The zero-order valence-corrected chi connectivity index (χ0v) is 17.2. The number of carbonyl (C=O) groups excluding carboxylic acids is 1. The van der Waals surface area contributed by atoms with Gasteiger partial charge in [-0.25, -0.2) is 14.4 Å². The number of methoxy groups -OCH3 is 1. The van der Waals surface area contributed by atoms with Crippen molar-refractivity contribution in [3.05, 3.63) is 58.4 Å². The molecule has 0 aliphatic heterocycles. The van der Waals surface area contributed by atoms with E-state index in [9.17, 15) is 9.18 Å². The Morgan fingerprint density at radius 3 is 2.79 bits per heavy atom. The summed E-state index contributed by atoms with van der Waals surface area (Å²) in [6, 6.07) is 8.35. The van der Waals surface area contributed by atoms with Gasteiger partial charge in [0.15, 0.2) is 27.5 Å². The van der Waals surface area contributed by atoms with Crippen LogP contribution < -0.4 is 10.1 Å². The number of nitrogens with zero attached hydrogens (tertiary/aromatic N) is 2. The van der Waals surface area contributed by atoms with Crippen LogP contribution in [0.5, 0.6) is 5.75 Å². The van der Waals surface area contributed by atoms with E-state index in [1.54, 1.807) is 17.5 Å². The summed E-state index contributed by atoms with van der Waals surface area (Å²) in [5.74, 6) is 0.986. The largest absolute Gasteiger partial charge is 0.494 e. The van der Waals surface area contributed by atoms with Crippen molar-refractivity contribution in [3.8, 4) is 27.8 Å². The number of anilines is 1. The molecule has 0 radical (unpaired) electrons. The van der Waals surface area contributed by atoms with E-state index >= 15 is 0 Å². The average molecular weight is 429 g/mol. The van der Waals surface area contributed by atoms with Gasteiger partial charge in [0, 0.05) is 16.3 Å². The Labute approximate surface area is 174 Å². The fourth-order valence-electron chi connectivity index (χ4n) is 2.67. The van der Waals surface area contributed by atoms with Gasteiger partial charge in [0.25, 0.3) is 0 Å². The molecule has 4 rings (SSSR count). The van der Waals surface area contributed by atoms with E-state index in [-0.39, 0.29) is 18.1 Å². The van der Waals surface area contributed by atoms with Crippen LogP contribution in [-0.4, -0.2) is 23.0 Å². The molecule has 0 fully saturated rings. The molecular weight excluding hydrogens is 413 g/mol. The van der Waals surface area contributed by atoms with E-state index in [0.717, 1.165) is 10.8 Å². The Morgan fingerprint density at radius 1 is 1.21 bits per heavy atom. The molecule has 148 valence electrons. The molecule has 29 heavy (non-hydrogen) atoms. The molecule has 3 heterocycles. The topological polar surface area (TPSA) is 77.2 Å². The first-order valence-electron chi connectivity index (χ1n) is 8.62. The smallest absolute Gasteiger partial charge is 0.232 e. The van der Waals surface area contributed by atoms with Gasteiger partial charge in [-0.2, -0.15) is 0 Å². The normalized spacial score (nSPS) is 10.9. The number of hydrogen-bond donors (Lipinski definition) is 1. The third kappa shape index (κ3) is 4.36. The van der Waals surface area contributed by atoms with Crippen molar-refractivity contribution >= 4 is 33.7 Å². The van der Waals surface area contributed by atoms with Gasteiger partial charge < -0.3 is 14.5 Å². The first-order valence-corrected chi connectivity index (χ1v) is 10.4. The predicted octanol–water partition coefficient (Wildman–Crippen LogP) is 5.16. The Kier molecular flexibility index (Phi) is 5.41. The van der Waals surface area contributed by atoms with Crippen molar-refractivity contribution in [1.82, 2.24) is 9.97 Å². The zero-order valence-electron chi connectivity index (χ0n) is 15.6. The van der Waals surface area contributed by atoms with E-state index < -0.39 is 5.82 Å². The summed E-state index contributed by atoms with van der Waals surface area (Å²) in [5, 5.41) is 7.53. The maximum absolute atomic E-state index is 13.9. The summed E-state index contributed by atoms with van der Waals surface area (Å²) in [7, 11) is 1.41. The Bertz CT molecular complexity index is 1170. The van der Waals surface area contributed by atoms with Crippen LogP contribution in [0.4, 0.5) is 9.52 Å². The van der Waals surface area contributed by atoms with Crippen molar-refractivity contribution in [1.29, 1.82) is 0 Å². The summed E-state index contributed by atoms with van der Waals surface area (Å²) < 4.78 is 24.4. The predicted molar refractivity (Wildman–Crippen MR) is 111 cm³/mol. The summed E-state index contributed by atoms with van der Waals surface area (Å²) in [6.45, 7) is 1.87. The van der Waals surface area contributed by atoms with Gasteiger partial charge in [-0.15, -0.1) is 22.7 Å². The second-order valence-corrected chi connectivity index (χ2v) is 7.88. The van der Waals surface area contributed by atoms with E-state index in [2.05, 4.69) is 15.3 Å². The van der Waals surface area contributed by atoms with Gasteiger partial charge in [0.2, 0.25) is 5.91 Å². The van der Waals surface area contributed by atoms with Crippen LogP contribution in [0.2, 0.25) is 0 Å². The number of nitrogens with one attached hydrogen (secondary N) is 1. The highest BCUT2D eigenvalue weighted by molar-refractivity contribution is 7.14. The van der Waals surface area contributed by atoms with Crippen molar-refractivity contribution < 1.29 is 18.3 Å². The van der Waals surface area contributed by atoms with E-state index in [1.807, 2.05) is 24.4 Å². The van der Waals surface area contributed by atoms with Crippen molar-refractivity contribution in [2.75, 3.05) is 12.4 Å². The molecule has 0 saturated heterocycles. The highest BCUT2D eigenvalue weighted by Crippen LogP contribution is 2.29. The maximum Gasteiger partial charge on any atom is 0.232 e. The lowest BCUT2D eigenvalue weighted by atomic mass is 10.1. The number of furan rings is 1. The zero-order chi connectivity index (χ0) is 20.4. The SMILES string of the molecule is COc1ccc(-c2csc(NC(=O)Cc3csc(-c4ccc(C)o4)n3)n2)cc1F. The molecule has 0 aliphatic carbocycles. The molecule has 0 bridgehead atoms. The second kappa shape index (κ2) is 8.14. The second-order valence-electron chi connectivity index (χ2n) is 6.17. The number of halogens is 1. The van der Waals surface area contributed by atoms with Gasteiger partial charge in [-0.1, -0.05) is 0 Å². The summed E-state index contributed by atoms with van der Waals surface area (Å²) >= 11 is 2.70. The minimum absolute atomic E-state index is 0.127. The van der Waals surface area contributed by atoms with E-state index in [0.29, 0.717) is 27.8 Å². The first-order chi connectivity index (χ1) is 14.0. The van der Waals surface area contributed by atoms with E-state index in [4.69, 9.17) is 9.15 Å². The third-order valence-electron chi connectivity index (χ3n) is 4.04. The highest BCUT2D eigenvalue weighted by Gasteiger charge is 2.14. The minimum atomic E-state index is -0.463. The lowest BCUT2D eigenvalue weighted by molar-refractivity contribution is -0.115. The molecule has 0 atom stereocenters. The van der Waals surface area contributed by atoms with Crippen LogP contribution in [-0.2, 0) is 11.2 Å². The standard InChI is InChI=1S/C20H16FN3O3S2/c1-11-3-5-17(27-11)19-22-13(9-28-19)8-18(25)24-20-23-15(10-29-20)12-4-6-16(26-2)14(21)7-12/h3-7,9-10H,8H2,1-2H3,(H,23,24,25). The van der Waals surface area contributed by atoms with Crippen LogP contribution in [0.25, 0.3) is 22.0 Å². The summed E-state index contributed by atoms with van der Waals surface area (Å²) in [5.41, 5.74) is 1.85. The number of thiazole rings is 2. The number of carbonyl (C=O) groups is 1. The molecule has 6 nitrogen and oxygen atoms in total. The van der Waals surface area contributed by atoms with Crippen LogP contribution in [0.1, 0.15) is 11.5 Å².